The van der Waals surface area contributed by atoms with E-state index in [2.05, 4.69) is 16.5 Å². The van der Waals surface area contributed by atoms with E-state index in [1.807, 2.05) is 13.1 Å². The molecule has 15 heavy (non-hydrogen) atoms. The first-order valence-electron chi connectivity index (χ1n) is 5.27. The van der Waals surface area contributed by atoms with E-state index in [0.717, 1.165) is 23.9 Å². The van der Waals surface area contributed by atoms with Crippen LogP contribution in [-0.2, 0) is 12.8 Å². The number of nitrogens with one attached hydrogen (secondary N) is 2. The average molecular weight is 202 g/mol. The van der Waals surface area contributed by atoms with E-state index in [4.69, 9.17) is 0 Å². The topological polar surface area (TPSA) is 48.0 Å². The molecule has 0 spiro atoms. The summed E-state index contributed by atoms with van der Waals surface area (Å²) < 4.78 is 0. The molecule has 0 fully saturated rings. The second-order valence-electron chi connectivity index (χ2n) is 4.19. The highest BCUT2D eigenvalue weighted by Crippen LogP contribution is 2.34. The third-order valence-corrected chi connectivity index (χ3v) is 3.34. The number of rotatable bonds is 1. The first kappa shape index (κ1) is 8.80. The second kappa shape index (κ2) is 3.00. The van der Waals surface area contributed by atoms with E-state index in [0.29, 0.717) is 11.8 Å². The van der Waals surface area contributed by atoms with Crippen LogP contribution < -0.4 is 5.32 Å². The molecule has 0 aliphatic heterocycles. The maximum absolute atomic E-state index is 9.86. The summed E-state index contributed by atoms with van der Waals surface area (Å²) in [5.41, 5.74) is 3.52. The van der Waals surface area contributed by atoms with Gasteiger partial charge in [-0.3, -0.25) is 0 Å². The van der Waals surface area contributed by atoms with Crippen LogP contribution in [0.3, 0.4) is 0 Å². The van der Waals surface area contributed by atoms with Crippen LogP contribution in [0.15, 0.2) is 18.3 Å². The molecule has 3 nitrogen and oxygen atoms in total. The van der Waals surface area contributed by atoms with Crippen molar-refractivity contribution in [1.82, 2.24) is 10.3 Å². The molecule has 1 unspecified atom stereocenters. The van der Waals surface area contributed by atoms with Gasteiger partial charge in [0.1, 0.15) is 5.75 Å². The highest BCUT2D eigenvalue weighted by Gasteiger charge is 2.22. The van der Waals surface area contributed by atoms with Gasteiger partial charge in [-0.25, -0.2) is 0 Å². The molecule has 2 aromatic rings. The van der Waals surface area contributed by atoms with Crippen LogP contribution in [0.1, 0.15) is 11.1 Å². The van der Waals surface area contributed by atoms with E-state index in [1.165, 1.54) is 10.9 Å². The number of aromatic amines is 1. The molecule has 3 rings (SSSR count). The third-order valence-electron chi connectivity index (χ3n) is 3.34. The van der Waals surface area contributed by atoms with Crippen molar-refractivity contribution < 1.29 is 5.11 Å². The minimum Gasteiger partial charge on any atom is -0.508 e. The third kappa shape index (κ3) is 1.16. The van der Waals surface area contributed by atoms with E-state index in [1.54, 1.807) is 6.07 Å². The Labute approximate surface area is 88.1 Å². The molecule has 0 saturated carbocycles. The lowest BCUT2D eigenvalue weighted by molar-refractivity contribution is 0.458. The fourth-order valence-electron chi connectivity index (χ4n) is 2.52. The van der Waals surface area contributed by atoms with Gasteiger partial charge in [-0.05, 0) is 37.6 Å². The molecular formula is C12H14N2O. The molecule has 1 aliphatic carbocycles. The number of likely N-dealkylation sites (N-methyl/N-ethyl adjacent to an activating group) is 1. The van der Waals surface area contributed by atoms with Crippen LogP contribution >= 0.6 is 0 Å². The van der Waals surface area contributed by atoms with Gasteiger partial charge >= 0.3 is 0 Å². The van der Waals surface area contributed by atoms with Gasteiger partial charge in [0.2, 0.25) is 0 Å². The van der Waals surface area contributed by atoms with Gasteiger partial charge in [0.25, 0.3) is 0 Å². The Morgan fingerprint density at radius 3 is 3.07 bits per heavy atom. The minimum absolute atomic E-state index is 0.420. The Bertz CT molecular complexity index is 516. The van der Waals surface area contributed by atoms with Crippen molar-refractivity contribution in [2.75, 3.05) is 7.05 Å². The Morgan fingerprint density at radius 2 is 2.27 bits per heavy atom. The number of aromatic nitrogens is 1. The molecule has 3 heteroatoms. The van der Waals surface area contributed by atoms with Crippen LogP contribution in [0.4, 0.5) is 0 Å². The van der Waals surface area contributed by atoms with Gasteiger partial charge in [0.05, 0.1) is 0 Å². The zero-order valence-electron chi connectivity index (χ0n) is 8.67. The summed E-state index contributed by atoms with van der Waals surface area (Å²) in [6.45, 7) is 0. The van der Waals surface area contributed by atoms with E-state index >= 15 is 0 Å². The highest BCUT2D eigenvalue weighted by molar-refractivity contribution is 5.89. The summed E-state index contributed by atoms with van der Waals surface area (Å²) >= 11 is 0. The maximum atomic E-state index is 9.86. The summed E-state index contributed by atoms with van der Waals surface area (Å²) in [6.07, 6.45) is 3.99. The SMILES string of the molecule is CNC1Cc2c[nH]c3ccc(O)c(c23)C1. The Balaban J connectivity index is 2.28. The molecule has 0 amide bonds. The van der Waals surface area contributed by atoms with Crippen molar-refractivity contribution in [3.63, 3.8) is 0 Å². The number of aromatic hydroxyl groups is 1. The largest absolute Gasteiger partial charge is 0.508 e. The molecule has 1 aromatic heterocycles. The van der Waals surface area contributed by atoms with Crippen LogP contribution in [0.2, 0.25) is 0 Å². The van der Waals surface area contributed by atoms with Gasteiger partial charge < -0.3 is 15.4 Å². The molecule has 78 valence electrons. The van der Waals surface area contributed by atoms with Crippen molar-refractivity contribution >= 4 is 10.9 Å². The number of H-pyrrole nitrogens is 1. The second-order valence-corrected chi connectivity index (χ2v) is 4.19. The van der Waals surface area contributed by atoms with E-state index < -0.39 is 0 Å². The van der Waals surface area contributed by atoms with Crippen LogP contribution in [0.25, 0.3) is 10.9 Å². The summed E-state index contributed by atoms with van der Waals surface area (Å²) in [4.78, 5) is 3.25. The van der Waals surface area contributed by atoms with Crippen molar-refractivity contribution in [3.05, 3.63) is 29.5 Å². The average Bonchev–Trinajstić information content (AvgIpc) is 2.67. The number of benzene rings is 1. The number of phenols is 1. The summed E-state index contributed by atoms with van der Waals surface area (Å²) in [5, 5.41) is 14.4. The number of phenolic OH excluding ortho intramolecular Hbond substituents is 1. The molecular weight excluding hydrogens is 188 g/mol. The zero-order valence-corrected chi connectivity index (χ0v) is 8.67. The Morgan fingerprint density at radius 1 is 1.40 bits per heavy atom. The number of hydrogen-bond acceptors (Lipinski definition) is 2. The molecule has 1 heterocycles. The molecule has 1 aliphatic rings. The normalized spacial score (nSPS) is 19.7. The predicted octanol–water partition coefficient (Wildman–Crippen LogP) is 1.56. The van der Waals surface area contributed by atoms with Crippen LogP contribution in [0.5, 0.6) is 5.75 Å². The fraction of sp³-hybridized carbons (Fsp3) is 0.333. The zero-order chi connectivity index (χ0) is 10.4. The minimum atomic E-state index is 0.420. The Kier molecular flexibility index (Phi) is 1.76. The lowest BCUT2D eigenvalue weighted by atomic mass is 9.89. The molecule has 1 aromatic carbocycles. The quantitative estimate of drug-likeness (QED) is 0.657. The van der Waals surface area contributed by atoms with Gasteiger partial charge in [-0.2, -0.15) is 0 Å². The molecule has 1 atom stereocenters. The molecule has 3 N–H and O–H groups in total. The van der Waals surface area contributed by atoms with Crippen molar-refractivity contribution in [1.29, 1.82) is 0 Å². The standard InChI is InChI=1S/C12H14N2O/c1-13-8-4-7-6-14-10-2-3-11(15)9(5-8)12(7)10/h2-3,6,8,13-15H,4-5H2,1H3. The van der Waals surface area contributed by atoms with Gasteiger partial charge in [0.15, 0.2) is 0 Å². The fourth-order valence-corrected chi connectivity index (χ4v) is 2.52. The first-order chi connectivity index (χ1) is 7.29. The number of hydrogen-bond donors (Lipinski definition) is 3. The monoisotopic (exact) mass is 202 g/mol. The van der Waals surface area contributed by atoms with Crippen LogP contribution in [0, 0.1) is 0 Å². The lowest BCUT2D eigenvalue weighted by Crippen LogP contribution is -2.32. The highest BCUT2D eigenvalue weighted by atomic mass is 16.3. The van der Waals surface area contributed by atoms with E-state index in [9.17, 15) is 5.11 Å². The molecule has 0 saturated heterocycles. The van der Waals surface area contributed by atoms with Crippen LogP contribution in [-0.4, -0.2) is 23.2 Å². The van der Waals surface area contributed by atoms with Crippen molar-refractivity contribution in [2.45, 2.75) is 18.9 Å². The van der Waals surface area contributed by atoms with Gasteiger partial charge in [-0.15, -0.1) is 0 Å². The lowest BCUT2D eigenvalue weighted by Gasteiger charge is -2.22. The Hall–Kier alpha value is -1.48. The maximum Gasteiger partial charge on any atom is 0.119 e. The van der Waals surface area contributed by atoms with E-state index in [-0.39, 0.29) is 0 Å². The summed E-state index contributed by atoms with van der Waals surface area (Å²) in [6, 6.07) is 4.15. The van der Waals surface area contributed by atoms with Gasteiger partial charge in [0, 0.05) is 28.7 Å². The van der Waals surface area contributed by atoms with Gasteiger partial charge in [-0.1, -0.05) is 0 Å². The smallest absolute Gasteiger partial charge is 0.119 e. The van der Waals surface area contributed by atoms with Crippen molar-refractivity contribution in [2.24, 2.45) is 0 Å². The molecule has 0 bridgehead atoms. The summed E-state index contributed by atoms with van der Waals surface area (Å²) in [7, 11) is 1.97. The molecule has 0 radical (unpaired) electrons. The predicted molar refractivity (Wildman–Crippen MR) is 60.2 cm³/mol. The van der Waals surface area contributed by atoms with Crippen molar-refractivity contribution in [3.8, 4) is 5.75 Å². The first-order valence-corrected chi connectivity index (χ1v) is 5.27. The summed E-state index contributed by atoms with van der Waals surface area (Å²) in [5.74, 6) is 0.420.